The van der Waals surface area contributed by atoms with Crippen molar-refractivity contribution < 1.29 is 23.8 Å². The summed E-state index contributed by atoms with van der Waals surface area (Å²) in [5.41, 5.74) is 4.10. The van der Waals surface area contributed by atoms with Crippen molar-refractivity contribution in [3.05, 3.63) is 59.3 Å². The predicted molar refractivity (Wildman–Crippen MR) is 110 cm³/mol. The number of carbonyl (C=O) groups excluding carboxylic acids is 2. The Bertz CT molecular complexity index is 1170. The van der Waals surface area contributed by atoms with Crippen LogP contribution in [0.5, 0.6) is 11.5 Å². The zero-order chi connectivity index (χ0) is 20.8. The van der Waals surface area contributed by atoms with E-state index in [1.54, 1.807) is 0 Å². The van der Waals surface area contributed by atoms with Crippen molar-refractivity contribution in [1.29, 1.82) is 0 Å². The Morgan fingerprint density at radius 1 is 1.20 bits per heavy atom. The van der Waals surface area contributed by atoms with Gasteiger partial charge in [-0.05, 0) is 29.3 Å². The van der Waals surface area contributed by atoms with Gasteiger partial charge in [-0.3, -0.25) is 10.1 Å². The summed E-state index contributed by atoms with van der Waals surface area (Å²) in [6, 6.07) is 12.8. The Hall–Kier alpha value is -3.03. The molecule has 1 N–H and O–H groups in total. The van der Waals surface area contributed by atoms with Gasteiger partial charge in [-0.15, -0.1) is 11.6 Å². The number of halogens is 1. The first-order chi connectivity index (χ1) is 14.6. The molecule has 0 amide bonds. The molecule has 3 aromatic rings. The smallest absolute Gasteiger partial charge is 0.331 e. The SMILES string of the molecule is Cn1c2c(c3ccccc31)C[C@@H](C(=O)OC(=O)CCl)N[C@H]2c1ccc2c(c1)OCO2. The Balaban J connectivity index is 1.62. The van der Waals surface area contributed by atoms with Crippen LogP contribution in [0.1, 0.15) is 22.9 Å². The minimum Gasteiger partial charge on any atom is -0.454 e. The standard InChI is InChI=1S/C22H19ClN2O5/c1-25-16-5-3-2-4-13(16)14-9-15(22(27)30-19(26)10-23)24-20(21(14)25)12-6-7-17-18(8-12)29-11-28-17/h2-8,15,20,24H,9-11H2,1H3/t15-,20-/m0/s1. The van der Waals surface area contributed by atoms with Crippen LogP contribution in [0.4, 0.5) is 0 Å². The van der Waals surface area contributed by atoms with Crippen molar-refractivity contribution >= 4 is 34.4 Å². The fourth-order valence-corrected chi connectivity index (χ4v) is 4.38. The van der Waals surface area contributed by atoms with Gasteiger partial charge in [0.15, 0.2) is 11.5 Å². The number of rotatable bonds is 3. The van der Waals surface area contributed by atoms with Gasteiger partial charge in [0, 0.05) is 30.1 Å². The van der Waals surface area contributed by atoms with E-state index in [9.17, 15) is 9.59 Å². The number of para-hydroxylation sites is 1. The van der Waals surface area contributed by atoms with E-state index in [1.807, 2.05) is 43.4 Å². The summed E-state index contributed by atoms with van der Waals surface area (Å²) in [6.45, 7) is 0.186. The van der Waals surface area contributed by atoms with Crippen molar-refractivity contribution in [2.24, 2.45) is 7.05 Å². The minimum absolute atomic E-state index is 0.186. The molecule has 3 heterocycles. The molecule has 0 fully saturated rings. The van der Waals surface area contributed by atoms with Crippen LogP contribution >= 0.6 is 11.6 Å². The van der Waals surface area contributed by atoms with Crippen molar-refractivity contribution in [2.45, 2.75) is 18.5 Å². The molecule has 30 heavy (non-hydrogen) atoms. The quantitative estimate of drug-likeness (QED) is 0.394. The molecule has 0 unspecified atom stereocenters. The first-order valence-corrected chi connectivity index (χ1v) is 10.1. The van der Waals surface area contributed by atoms with Crippen molar-refractivity contribution in [2.75, 3.05) is 12.7 Å². The highest BCUT2D eigenvalue weighted by molar-refractivity contribution is 6.27. The normalized spacial score (nSPS) is 19.5. The number of nitrogens with zero attached hydrogens (tertiary/aromatic N) is 1. The molecule has 0 radical (unpaired) electrons. The summed E-state index contributed by atoms with van der Waals surface area (Å²) in [5, 5.41) is 4.43. The number of hydrogen-bond acceptors (Lipinski definition) is 6. The highest BCUT2D eigenvalue weighted by atomic mass is 35.5. The number of nitrogens with one attached hydrogen (secondary N) is 1. The molecule has 2 aliphatic rings. The first kappa shape index (κ1) is 19.0. The molecule has 0 saturated heterocycles. The van der Waals surface area contributed by atoms with Gasteiger partial charge in [0.1, 0.15) is 11.9 Å². The van der Waals surface area contributed by atoms with E-state index in [1.165, 1.54) is 0 Å². The van der Waals surface area contributed by atoms with Crippen molar-refractivity contribution in [3.63, 3.8) is 0 Å². The van der Waals surface area contributed by atoms with Crippen LogP contribution < -0.4 is 14.8 Å². The van der Waals surface area contributed by atoms with Gasteiger partial charge >= 0.3 is 11.9 Å². The maximum absolute atomic E-state index is 12.7. The van der Waals surface area contributed by atoms with Crippen LogP contribution in [-0.2, 0) is 27.8 Å². The van der Waals surface area contributed by atoms with E-state index < -0.39 is 18.0 Å². The summed E-state index contributed by atoms with van der Waals surface area (Å²) in [5.74, 6) is -0.410. The third kappa shape index (κ3) is 3.02. The molecular weight excluding hydrogens is 408 g/mol. The number of hydrogen-bond donors (Lipinski definition) is 1. The zero-order valence-corrected chi connectivity index (χ0v) is 16.9. The fraction of sp³-hybridized carbons (Fsp3) is 0.273. The fourth-order valence-electron chi connectivity index (χ4n) is 4.33. The van der Waals surface area contributed by atoms with Crippen molar-refractivity contribution in [1.82, 2.24) is 9.88 Å². The van der Waals surface area contributed by atoms with E-state index in [0.29, 0.717) is 17.9 Å². The summed E-state index contributed by atoms with van der Waals surface area (Å²) in [6.07, 6.45) is 0.409. The van der Waals surface area contributed by atoms with Gasteiger partial charge in [0.2, 0.25) is 6.79 Å². The Morgan fingerprint density at radius 2 is 2.00 bits per heavy atom. The maximum atomic E-state index is 12.7. The Labute approximate surface area is 177 Å². The average molecular weight is 427 g/mol. The van der Waals surface area contributed by atoms with Crippen LogP contribution in [0.25, 0.3) is 10.9 Å². The third-order valence-corrected chi connectivity index (χ3v) is 5.87. The van der Waals surface area contributed by atoms with E-state index in [0.717, 1.165) is 27.7 Å². The molecular formula is C22H19ClN2O5. The summed E-state index contributed by atoms with van der Waals surface area (Å²) in [7, 11) is 2.01. The van der Waals surface area contributed by atoms with Gasteiger partial charge in [-0.1, -0.05) is 24.3 Å². The van der Waals surface area contributed by atoms with E-state index >= 15 is 0 Å². The van der Waals surface area contributed by atoms with Gasteiger partial charge < -0.3 is 18.8 Å². The van der Waals surface area contributed by atoms with E-state index in [-0.39, 0.29) is 18.7 Å². The molecule has 2 aliphatic heterocycles. The number of fused-ring (bicyclic) bond motifs is 4. The van der Waals surface area contributed by atoms with Crippen LogP contribution in [0.15, 0.2) is 42.5 Å². The molecule has 0 saturated carbocycles. The highest BCUT2D eigenvalue weighted by Crippen LogP contribution is 2.40. The monoisotopic (exact) mass is 426 g/mol. The number of aryl methyl sites for hydroxylation is 1. The second kappa shape index (κ2) is 7.34. The summed E-state index contributed by atoms with van der Waals surface area (Å²) in [4.78, 5) is 24.2. The van der Waals surface area contributed by atoms with Gasteiger partial charge in [0.25, 0.3) is 0 Å². The van der Waals surface area contributed by atoms with E-state index in [4.69, 9.17) is 25.8 Å². The Morgan fingerprint density at radius 3 is 2.83 bits per heavy atom. The molecule has 154 valence electrons. The number of aromatic nitrogens is 1. The number of ether oxygens (including phenoxy) is 3. The molecule has 7 nitrogen and oxygen atoms in total. The van der Waals surface area contributed by atoms with Crippen molar-refractivity contribution in [3.8, 4) is 11.5 Å². The molecule has 2 aromatic carbocycles. The lowest BCUT2D eigenvalue weighted by Gasteiger charge is -2.31. The van der Waals surface area contributed by atoms with Crippen LogP contribution in [0.2, 0.25) is 0 Å². The zero-order valence-electron chi connectivity index (χ0n) is 16.2. The number of carbonyl (C=O) groups is 2. The molecule has 8 heteroatoms. The third-order valence-electron chi connectivity index (χ3n) is 5.65. The second-order valence-corrected chi connectivity index (χ2v) is 7.60. The lowest BCUT2D eigenvalue weighted by molar-refractivity contribution is -0.159. The van der Waals surface area contributed by atoms with Gasteiger partial charge in [0.05, 0.1) is 6.04 Å². The highest BCUT2D eigenvalue weighted by Gasteiger charge is 2.37. The molecule has 0 aliphatic carbocycles. The molecule has 0 spiro atoms. The average Bonchev–Trinajstić information content (AvgIpc) is 3.35. The van der Waals surface area contributed by atoms with E-state index in [2.05, 4.69) is 16.0 Å². The number of alkyl halides is 1. The maximum Gasteiger partial charge on any atom is 0.331 e. The molecule has 1 aromatic heterocycles. The Kier molecular flexibility index (Phi) is 4.64. The van der Waals surface area contributed by atoms with Gasteiger partial charge in [-0.25, -0.2) is 4.79 Å². The topological polar surface area (TPSA) is 78.8 Å². The molecule has 5 rings (SSSR count). The van der Waals surface area contributed by atoms with Crippen LogP contribution in [-0.4, -0.2) is 35.2 Å². The summed E-state index contributed by atoms with van der Waals surface area (Å²) < 4.78 is 18.0. The van der Waals surface area contributed by atoms with Gasteiger partial charge in [-0.2, -0.15) is 0 Å². The largest absolute Gasteiger partial charge is 0.454 e. The molecule has 2 atom stereocenters. The lowest BCUT2D eigenvalue weighted by atomic mass is 9.90. The number of benzene rings is 2. The number of esters is 2. The van der Waals surface area contributed by atoms with Crippen LogP contribution in [0, 0.1) is 0 Å². The van der Waals surface area contributed by atoms with Crippen LogP contribution in [0.3, 0.4) is 0 Å². The predicted octanol–water partition coefficient (Wildman–Crippen LogP) is 2.82. The molecule has 0 bridgehead atoms. The lowest BCUT2D eigenvalue weighted by Crippen LogP contribution is -2.46. The first-order valence-electron chi connectivity index (χ1n) is 9.59. The second-order valence-electron chi connectivity index (χ2n) is 7.34. The summed E-state index contributed by atoms with van der Waals surface area (Å²) >= 11 is 5.50. The minimum atomic E-state index is -0.758.